The van der Waals surface area contributed by atoms with Crippen LogP contribution in [0.3, 0.4) is 0 Å². The first-order valence-corrected chi connectivity index (χ1v) is 4.39. The molecular weight excluding hydrogens is 172 g/mol. The average molecular weight is 186 g/mol. The summed E-state index contributed by atoms with van der Waals surface area (Å²) in [5.41, 5.74) is 0. The van der Waals surface area contributed by atoms with Crippen molar-refractivity contribution in [3.05, 3.63) is 0 Å². The van der Waals surface area contributed by atoms with E-state index in [0.29, 0.717) is 19.6 Å². The minimum absolute atomic E-state index is 0.101. The lowest BCUT2D eigenvalue weighted by atomic mass is 10.1. The van der Waals surface area contributed by atoms with Gasteiger partial charge in [-0.05, 0) is 6.92 Å². The highest BCUT2D eigenvalue weighted by molar-refractivity contribution is 5.86. The third kappa shape index (κ3) is 2.42. The molecule has 0 aromatic carbocycles. The van der Waals surface area contributed by atoms with Crippen molar-refractivity contribution in [3.8, 4) is 0 Å². The van der Waals surface area contributed by atoms with Gasteiger partial charge in [-0.25, -0.2) is 0 Å². The molecule has 1 rings (SSSR count). The number of carboxylic acid groups (broad SMARTS) is 1. The lowest BCUT2D eigenvalue weighted by Gasteiger charge is -2.31. The van der Waals surface area contributed by atoms with Crippen LogP contribution < -0.4 is 5.32 Å². The maximum atomic E-state index is 11.5. The van der Waals surface area contributed by atoms with Crippen LogP contribution in [0.4, 0.5) is 0 Å². The van der Waals surface area contributed by atoms with Gasteiger partial charge in [0, 0.05) is 19.6 Å². The van der Waals surface area contributed by atoms with Crippen molar-refractivity contribution in [3.63, 3.8) is 0 Å². The van der Waals surface area contributed by atoms with E-state index in [2.05, 4.69) is 5.32 Å². The lowest BCUT2D eigenvalue weighted by molar-refractivity contribution is -0.143. The number of aliphatic carboxylic acids is 1. The first-order valence-electron chi connectivity index (χ1n) is 4.39. The number of piperazine rings is 1. The van der Waals surface area contributed by atoms with Crippen molar-refractivity contribution >= 4 is 11.9 Å². The Bertz CT molecular complexity index is 217. The molecule has 1 amide bonds. The van der Waals surface area contributed by atoms with Crippen molar-refractivity contribution in [1.82, 2.24) is 10.2 Å². The Kier molecular flexibility index (Phi) is 3.25. The minimum Gasteiger partial charge on any atom is -0.481 e. The van der Waals surface area contributed by atoms with Crippen LogP contribution in [0.2, 0.25) is 0 Å². The van der Waals surface area contributed by atoms with Gasteiger partial charge in [-0.1, -0.05) is 0 Å². The number of likely N-dealkylation sites (N-methyl/N-ethyl adjacent to an activating group) is 1. The maximum absolute atomic E-state index is 11.5. The second-order valence-corrected chi connectivity index (χ2v) is 3.02. The molecule has 2 N–H and O–H groups in total. The molecule has 0 aromatic heterocycles. The number of hydrogen-bond acceptors (Lipinski definition) is 3. The Labute approximate surface area is 76.7 Å². The topological polar surface area (TPSA) is 69.6 Å². The van der Waals surface area contributed by atoms with Crippen LogP contribution in [0.5, 0.6) is 0 Å². The zero-order valence-corrected chi connectivity index (χ0v) is 7.62. The number of carbonyl (C=O) groups is 2. The number of carboxylic acids is 1. The summed E-state index contributed by atoms with van der Waals surface area (Å²) >= 11 is 0. The third-order valence-corrected chi connectivity index (χ3v) is 2.14. The van der Waals surface area contributed by atoms with Gasteiger partial charge in [0.15, 0.2) is 0 Å². The Morgan fingerprint density at radius 3 is 3.00 bits per heavy atom. The monoisotopic (exact) mass is 186 g/mol. The second kappa shape index (κ2) is 4.23. The minimum atomic E-state index is -0.941. The predicted octanol–water partition coefficient (Wildman–Crippen LogP) is -0.719. The van der Waals surface area contributed by atoms with Crippen molar-refractivity contribution < 1.29 is 14.7 Å². The van der Waals surface area contributed by atoms with Gasteiger partial charge in [-0.2, -0.15) is 0 Å². The fourth-order valence-electron chi connectivity index (χ4n) is 1.44. The molecule has 1 heterocycles. The van der Waals surface area contributed by atoms with Crippen LogP contribution in [-0.2, 0) is 9.59 Å². The second-order valence-electron chi connectivity index (χ2n) is 3.02. The standard InChI is InChI=1S/C8H14N2O3/c1-2-10-4-3-9-6(8(10)13)5-7(11)12/h6,9H,2-5H2,1H3,(H,11,12). The summed E-state index contributed by atoms with van der Waals surface area (Å²) in [6, 6.07) is -0.536. The smallest absolute Gasteiger partial charge is 0.305 e. The molecule has 0 bridgehead atoms. The van der Waals surface area contributed by atoms with E-state index in [1.165, 1.54) is 0 Å². The summed E-state index contributed by atoms with van der Waals surface area (Å²) in [4.78, 5) is 23.6. The summed E-state index contributed by atoms with van der Waals surface area (Å²) < 4.78 is 0. The highest BCUT2D eigenvalue weighted by Gasteiger charge is 2.28. The molecule has 0 aromatic rings. The summed E-state index contributed by atoms with van der Waals surface area (Å²) in [5, 5.41) is 11.4. The number of rotatable bonds is 3. The summed E-state index contributed by atoms with van der Waals surface area (Å²) in [6.07, 6.45) is -0.130. The molecule has 1 atom stereocenters. The van der Waals surface area contributed by atoms with E-state index in [9.17, 15) is 9.59 Å². The van der Waals surface area contributed by atoms with Gasteiger partial charge in [0.05, 0.1) is 12.5 Å². The van der Waals surface area contributed by atoms with E-state index in [4.69, 9.17) is 5.11 Å². The molecule has 0 saturated carbocycles. The summed E-state index contributed by atoms with van der Waals surface area (Å²) in [7, 11) is 0. The molecular formula is C8H14N2O3. The van der Waals surface area contributed by atoms with Gasteiger partial charge in [0.2, 0.25) is 5.91 Å². The highest BCUT2D eigenvalue weighted by atomic mass is 16.4. The highest BCUT2D eigenvalue weighted by Crippen LogP contribution is 2.04. The van der Waals surface area contributed by atoms with E-state index < -0.39 is 12.0 Å². The van der Waals surface area contributed by atoms with E-state index in [1.54, 1.807) is 4.90 Å². The van der Waals surface area contributed by atoms with Crippen LogP contribution >= 0.6 is 0 Å². The number of nitrogens with one attached hydrogen (secondary N) is 1. The van der Waals surface area contributed by atoms with Crippen LogP contribution in [0.1, 0.15) is 13.3 Å². The third-order valence-electron chi connectivity index (χ3n) is 2.14. The molecule has 0 aliphatic carbocycles. The molecule has 74 valence electrons. The average Bonchev–Trinajstić information content (AvgIpc) is 2.08. The largest absolute Gasteiger partial charge is 0.481 e. The van der Waals surface area contributed by atoms with Gasteiger partial charge in [-0.15, -0.1) is 0 Å². The molecule has 13 heavy (non-hydrogen) atoms. The number of nitrogens with zero attached hydrogens (tertiary/aromatic N) is 1. The Balaban J connectivity index is 2.54. The molecule has 1 fully saturated rings. The van der Waals surface area contributed by atoms with Gasteiger partial charge in [0.1, 0.15) is 0 Å². The van der Waals surface area contributed by atoms with E-state index >= 15 is 0 Å². The Morgan fingerprint density at radius 1 is 1.77 bits per heavy atom. The Hall–Kier alpha value is -1.10. The molecule has 0 radical (unpaired) electrons. The van der Waals surface area contributed by atoms with E-state index in [0.717, 1.165) is 0 Å². The zero-order valence-electron chi connectivity index (χ0n) is 7.62. The number of carbonyl (C=O) groups excluding carboxylic acids is 1. The fourth-order valence-corrected chi connectivity index (χ4v) is 1.44. The van der Waals surface area contributed by atoms with Crippen LogP contribution in [0.25, 0.3) is 0 Å². The fraction of sp³-hybridized carbons (Fsp3) is 0.750. The van der Waals surface area contributed by atoms with Crippen LogP contribution in [0.15, 0.2) is 0 Å². The van der Waals surface area contributed by atoms with Crippen molar-refractivity contribution in [1.29, 1.82) is 0 Å². The van der Waals surface area contributed by atoms with Gasteiger partial charge in [-0.3, -0.25) is 9.59 Å². The molecule has 0 spiro atoms. The lowest BCUT2D eigenvalue weighted by Crippen LogP contribution is -2.55. The SMILES string of the molecule is CCN1CCNC(CC(=O)O)C1=O. The quantitative estimate of drug-likeness (QED) is 0.610. The summed E-state index contributed by atoms with van der Waals surface area (Å²) in [5.74, 6) is -1.04. The normalized spacial score (nSPS) is 23.3. The van der Waals surface area contributed by atoms with Gasteiger partial charge >= 0.3 is 5.97 Å². The molecule has 1 aliphatic heterocycles. The first-order chi connectivity index (χ1) is 6.15. The maximum Gasteiger partial charge on any atom is 0.305 e. The van der Waals surface area contributed by atoms with E-state index in [1.807, 2.05) is 6.92 Å². The molecule has 1 saturated heterocycles. The number of hydrogen-bond donors (Lipinski definition) is 2. The molecule has 5 nitrogen and oxygen atoms in total. The van der Waals surface area contributed by atoms with Crippen LogP contribution in [-0.4, -0.2) is 47.6 Å². The molecule has 1 aliphatic rings. The number of amides is 1. The van der Waals surface area contributed by atoms with Crippen molar-refractivity contribution in [2.75, 3.05) is 19.6 Å². The molecule has 5 heteroatoms. The Morgan fingerprint density at radius 2 is 2.46 bits per heavy atom. The van der Waals surface area contributed by atoms with E-state index in [-0.39, 0.29) is 12.3 Å². The van der Waals surface area contributed by atoms with Gasteiger partial charge in [0.25, 0.3) is 0 Å². The van der Waals surface area contributed by atoms with Crippen LogP contribution in [0, 0.1) is 0 Å². The first kappa shape index (κ1) is 9.98. The van der Waals surface area contributed by atoms with Gasteiger partial charge < -0.3 is 15.3 Å². The summed E-state index contributed by atoms with van der Waals surface area (Å²) in [6.45, 7) is 3.89. The zero-order chi connectivity index (χ0) is 9.84. The molecule has 1 unspecified atom stereocenters. The van der Waals surface area contributed by atoms with Crippen molar-refractivity contribution in [2.24, 2.45) is 0 Å². The predicted molar refractivity (Wildman–Crippen MR) is 46.3 cm³/mol. The van der Waals surface area contributed by atoms with Crippen molar-refractivity contribution in [2.45, 2.75) is 19.4 Å².